The number of nitrogens with zero attached hydrogens (tertiary/aromatic N) is 2. The molecular weight excluding hydrogens is 220 g/mol. The minimum absolute atomic E-state index is 0.0612. The summed E-state index contributed by atoms with van der Waals surface area (Å²) in [7, 11) is 0. The van der Waals surface area contributed by atoms with Gasteiger partial charge in [0, 0.05) is 18.1 Å². The molecule has 0 radical (unpaired) electrons. The van der Waals surface area contributed by atoms with E-state index >= 15 is 0 Å². The average molecular weight is 244 g/mol. The third-order valence-corrected chi connectivity index (χ3v) is 2.54. The first-order valence-corrected chi connectivity index (χ1v) is 5.91. The highest BCUT2D eigenvalue weighted by molar-refractivity contribution is 5.81. The quantitative estimate of drug-likeness (QED) is 0.823. The summed E-state index contributed by atoms with van der Waals surface area (Å²) >= 11 is 0. The van der Waals surface area contributed by atoms with Crippen LogP contribution in [0.5, 0.6) is 0 Å². The molecule has 0 bridgehead atoms. The minimum atomic E-state index is -0.993. The molecule has 100 valence electrons. The molecule has 5 heteroatoms. The lowest BCUT2D eigenvalue weighted by atomic mass is 10.1. The highest BCUT2D eigenvalue weighted by Gasteiger charge is 2.32. The number of rotatable bonds is 4. The Labute approximate surface area is 103 Å². The van der Waals surface area contributed by atoms with Crippen LogP contribution in [-0.2, 0) is 4.79 Å². The molecule has 0 aliphatic heterocycles. The molecule has 0 saturated carbocycles. The van der Waals surface area contributed by atoms with Crippen molar-refractivity contribution in [3.63, 3.8) is 0 Å². The molecule has 0 saturated heterocycles. The maximum atomic E-state index is 12.3. The second-order valence-electron chi connectivity index (χ2n) is 5.31. The molecular formula is C12H24N2O3. The van der Waals surface area contributed by atoms with Crippen LogP contribution in [0.25, 0.3) is 0 Å². The van der Waals surface area contributed by atoms with E-state index in [1.165, 1.54) is 4.90 Å². The molecule has 1 N–H and O–H groups in total. The number of carbonyl (C=O) groups is 2. The lowest BCUT2D eigenvalue weighted by molar-refractivity contribution is -0.138. The van der Waals surface area contributed by atoms with Gasteiger partial charge >= 0.3 is 12.0 Å². The van der Waals surface area contributed by atoms with Crippen LogP contribution in [-0.4, -0.2) is 51.6 Å². The predicted molar refractivity (Wildman–Crippen MR) is 67.0 cm³/mol. The molecule has 0 spiro atoms. The van der Waals surface area contributed by atoms with E-state index in [1.54, 1.807) is 4.90 Å². The maximum absolute atomic E-state index is 12.3. The summed E-state index contributed by atoms with van der Waals surface area (Å²) in [5, 5.41) is 8.88. The largest absolute Gasteiger partial charge is 0.480 e. The van der Waals surface area contributed by atoms with Crippen molar-refractivity contribution in [3.05, 3.63) is 0 Å². The molecule has 5 nitrogen and oxygen atoms in total. The summed E-state index contributed by atoms with van der Waals surface area (Å²) in [4.78, 5) is 26.2. The van der Waals surface area contributed by atoms with Crippen molar-refractivity contribution < 1.29 is 14.7 Å². The fraction of sp³-hybridized carbons (Fsp3) is 0.833. The van der Waals surface area contributed by atoms with Crippen LogP contribution in [0, 0.1) is 0 Å². The second kappa shape index (κ2) is 5.89. The zero-order valence-electron chi connectivity index (χ0n) is 11.6. The molecule has 0 atom stereocenters. The number of aliphatic carboxylic acids is 1. The predicted octanol–water partition coefficient (Wildman–Crippen LogP) is 2.02. The van der Waals surface area contributed by atoms with Crippen molar-refractivity contribution in [1.29, 1.82) is 0 Å². The fourth-order valence-electron chi connectivity index (χ4n) is 1.60. The molecule has 0 aliphatic carbocycles. The molecule has 0 aromatic heterocycles. The third kappa shape index (κ3) is 4.63. The second-order valence-corrected chi connectivity index (χ2v) is 5.31. The van der Waals surface area contributed by atoms with Crippen LogP contribution in [0.15, 0.2) is 0 Å². The first kappa shape index (κ1) is 15.7. The van der Waals surface area contributed by atoms with E-state index in [9.17, 15) is 9.59 Å². The van der Waals surface area contributed by atoms with Crippen molar-refractivity contribution >= 4 is 12.0 Å². The third-order valence-electron chi connectivity index (χ3n) is 2.54. The summed E-state index contributed by atoms with van der Waals surface area (Å²) in [5.41, 5.74) is -0.502. The van der Waals surface area contributed by atoms with Crippen LogP contribution in [0.3, 0.4) is 0 Å². The summed E-state index contributed by atoms with van der Waals surface area (Å²) in [6.45, 7) is 11.5. The monoisotopic (exact) mass is 244 g/mol. The van der Waals surface area contributed by atoms with Gasteiger partial charge in [0.1, 0.15) is 6.54 Å². The van der Waals surface area contributed by atoms with E-state index < -0.39 is 11.5 Å². The SMILES string of the molecule is CCN(C(=O)N(CC(=O)O)C(C)(C)C)C(C)C. The van der Waals surface area contributed by atoms with Crippen molar-refractivity contribution in [2.45, 2.75) is 53.1 Å². The Balaban J connectivity index is 5.05. The lowest BCUT2D eigenvalue weighted by Gasteiger charge is -2.39. The van der Waals surface area contributed by atoms with Gasteiger partial charge in [-0.1, -0.05) is 0 Å². The van der Waals surface area contributed by atoms with E-state index in [4.69, 9.17) is 5.11 Å². The zero-order chi connectivity index (χ0) is 13.8. The van der Waals surface area contributed by atoms with Gasteiger partial charge in [-0.2, -0.15) is 0 Å². The smallest absolute Gasteiger partial charge is 0.323 e. The number of amides is 2. The topological polar surface area (TPSA) is 60.9 Å². The van der Waals surface area contributed by atoms with Crippen molar-refractivity contribution in [1.82, 2.24) is 9.80 Å². The van der Waals surface area contributed by atoms with Gasteiger partial charge in [0.15, 0.2) is 0 Å². The van der Waals surface area contributed by atoms with Crippen LogP contribution in [0.4, 0.5) is 4.79 Å². The molecule has 0 fully saturated rings. The molecule has 17 heavy (non-hydrogen) atoms. The Bertz CT molecular complexity index is 282. The summed E-state index contributed by atoms with van der Waals surface area (Å²) < 4.78 is 0. The van der Waals surface area contributed by atoms with Gasteiger partial charge in [-0.05, 0) is 41.5 Å². The molecule has 0 rings (SSSR count). The fourth-order valence-corrected chi connectivity index (χ4v) is 1.60. The van der Waals surface area contributed by atoms with Gasteiger partial charge < -0.3 is 14.9 Å². The molecule has 0 unspecified atom stereocenters. The molecule has 0 heterocycles. The normalized spacial score (nSPS) is 11.5. The van der Waals surface area contributed by atoms with Crippen LogP contribution >= 0.6 is 0 Å². The van der Waals surface area contributed by atoms with E-state index in [2.05, 4.69) is 0 Å². The van der Waals surface area contributed by atoms with Gasteiger partial charge in [0.25, 0.3) is 0 Å². The van der Waals surface area contributed by atoms with E-state index in [1.807, 2.05) is 41.5 Å². The van der Waals surface area contributed by atoms with Gasteiger partial charge in [-0.3, -0.25) is 4.79 Å². The van der Waals surface area contributed by atoms with E-state index in [0.717, 1.165) is 0 Å². The Morgan fingerprint density at radius 3 is 1.94 bits per heavy atom. The number of carboxylic acid groups (broad SMARTS) is 1. The Morgan fingerprint density at radius 1 is 1.24 bits per heavy atom. The Hall–Kier alpha value is -1.26. The summed E-state index contributed by atoms with van der Waals surface area (Å²) in [6.07, 6.45) is 0. The number of hydrogen-bond donors (Lipinski definition) is 1. The minimum Gasteiger partial charge on any atom is -0.480 e. The van der Waals surface area contributed by atoms with Crippen LogP contribution in [0.2, 0.25) is 0 Å². The first-order valence-electron chi connectivity index (χ1n) is 5.91. The Morgan fingerprint density at radius 2 is 1.71 bits per heavy atom. The van der Waals surface area contributed by atoms with Crippen molar-refractivity contribution in [3.8, 4) is 0 Å². The molecule has 0 aromatic carbocycles. The summed E-state index contributed by atoms with van der Waals surface area (Å²) in [5.74, 6) is -0.993. The average Bonchev–Trinajstić information content (AvgIpc) is 2.12. The van der Waals surface area contributed by atoms with Gasteiger partial charge in [0.05, 0.1) is 0 Å². The number of carboxylic acids is 1. The molecule has 0 aliphatic rings. The highest BCUT2D eigenvalue weighted by atomic mass is 16.4. The van der Waals surface area contributed by atoms with E-state index in [-0.39, 0.29) is 18.6 Å². The summed E-state index contributed by atoms with van der Waals surface area (Å²) in [6, 6.07) is -0.163. The number of hydrogen-bond acceptors (Lipinski definition) is 2. The lowest BCUT2D eigenvalue weighted by Crippen LogP contribution is -2.55. The first-order chi connectivity index (χ1) is 7.61. The number of urea groups is 1. The van der Waals surface area contributed by atoms with Crippen LogP contribution in [0.1, 0.15) is 41.5 Å². The van der Waals surface area contributed by atoms with Crippen LogP contribution < -0.4 is 0 Å². The van der Waals surface area contributed by atoms with Gasteiger partial charge in [-0.25, -0.2) is 4.79 Å². The molecule has 2 amide bonds. The molecule has 0 aromatic rings. The highest BCUT2D eigenvalue weighted by Crippen LogP contribution is 2.16. The standard InChI is InChI=1S/C12H24N2O3/c1-7-13(9(2)3)11(17)14(8-10(15)16)12(4,5)6/h9H,7-8H2,1-6H3,(H,15,16). The maximum Gasteiger partial charge on any atom is 0.323 e. The van der Waals surface area contributed by atoms with E-state index in [0.29, 0.717) is 6.54 Å². The Kier molecular flexibility index (Phi) is 5.45. The zero-order valence-corrected chi connectivity index (χ0v) is 11.6. The van der Waals surface area contributed by atoms with Crippen molar-refractivity contribution in [2.24, 2.45) is 0 Å². The van der Waals surface area contributed by atoms with Gasteiger partial charge in [-0.15, -0.1) is 0 Å². The van der Waals surface area contributed by atoms with Gasteiger partial charge in [0.2, 0.25) is 0 Å². The van der Waals surface area contributed by atoms with Crippen molar-refractivity contribution in [2.75, 3.05) is 13.1 Å². The number of carbonyl (C=O) groups excluding carboxylic acids is 1.